The van der Waals surface area contributed by atoms with Gasteiger partial charge in [0.25, 0.3) is 0 Å². The Morgan fingerprint density at radius 2 is 2.19 bits per heavy atom. The van der Waals surface area contributed by atoms with Gasteiger partial charge in [0.1, 0.15) is 23.6 Å². The minimum Gasteiger partial charge on any atom is -0.491 e. The fourth-order valence-corrected chi connectivity index (χ4v) is 2.32. The maximum Gasteiger partial charge on any atom is 0.326 e. The Kier molecular flexibility index (Phi) is 5.44. The van der Waals surface area contributed by atoms with Crippen LogP contribution < -0.4 is 4.74 Å². The molecule has 0 radical (unpaired) electrons. The Balaban J connectivity index is 2.41. The van der Waals surface area contributed by atoms with Gasteiger partial charge in [0.2, 0.25) is 0 Å². The number of rotatable bonds is 7. The van der Waals surface area contributed by atoms with E-state index >= 15 is 0 Å². The molecule has 1 aromatic carbocycles. The maximum atomic E-state index is 11.7. The molecule has 0 amide bonds. The first-order valence-electron chi connectivity index (χ1n) is 7.03. The van der Waals surface area contributed by atoms with Crippen LogP contribution in [0, 0.1) is 0 Å². The van der Waals surface area contributed by atoms with Crippen LogP contribution in [-0.4, -0.2) is 28.7 Å². The molecule has 2 aromatic rings. The highest BCUT2D eigenvalue weighted by molar-refractivity contribution is 6.17. The highest BCUT2D eigenvalue weighted by Gasteiger charge is 2.16. The molecule has 2 rings (SSSR count). The van der Waals surface area contributed by atoms with Crippen molar-refractivity contribution in [2.45, 2.75) is 32.7 Å². The van der Waals surface area contributed by atoms with E-state index in [1.54, 1.807) is 11.5 Å². The fourth-order valence-electron chi connectivity index (χ4n) is 2.11. The summed E-state index contributed by atoms with van der Waals surface area (Å²) in [4.78, 5) is 16.2. The number of benzene rings is 1. The molecule has 0 bridgehead atoms. The second-order valence-electron chi connectivity index (χ2n) is 4.53. The topological polar surface area (TPSA) is 53.4 Å². The zero-order valence-corrected chi connectivity index (χ0v) is 13.0. The molecule has 0 N–H and O–H groups in total. The van der Waals surface area contributed by atoms with Gasteiger partial charge in [-0.05, 0) is 25.5 Å². The second kappa shape index (κ2) is 7.31. The molecule has 0 aliphatic carbocycles. The number of aromatic nitrogens is 2. The van der Waals surface area contributed by atoms with Gasteiger partial charge in [0, 0.05) is 0 Å². The number of esters is 1. The standard InChI is InChI=1S/C15H19ClN2O3/c1-3-8-21-12-7-5-6-11-15(12)17-13(9-16)18(11)10-14(19)20-4-2/h5-7H,3-4,8-10H2,1-2H3. The fraction of sp³-hybridized carbons (Fsp3) is 0.467. The number of alkyl halides is 1. The number of hydrogen-bond acceptors (Lipinski definition) is 4. The summed E-state index contributed by atoms with van der Waals surface area (Å²) in [5, 5.41) is 0. The summed E-state index contributed by atoms with van der Waals surface area (Å²) in [6.07, 6.45) is 0.919. The van der Waals surface area contributed by atoms with Crippen LogP contribution in [0.3, 0.4) is 0 Å². The number of hydrogen-bond donors (Lipinski definition) is 0. The minimum absolute atomic E-state index is 0.101. The van der Waals surface area contributed by atoms with Crippen molar-refractivity contribution in [1.82, 2.24) is 9.55 Å². The smallest absolute Gasteiger partial charge is 0.326 e. The van der Waals surface area contributed by atoms with Gasteiger partial charge in [-0.3, -0.25) is 4.79 Å². The quantitative estimate of drug-likeness (QED) is 0.582. The summed E-state index contributed by atoms with van der Waals surface area (Å²) in [5.41, 5.74) is 1.55. The van der Waals surface area contributed by atoms with E-state index in [1.165, 1.54) is 0 Å². The summed E-state index contributed by atoms with van der Waals surface area (Å²) in [6, 6.07) is 5.66. The van der Waals surface area contributed by atoms with Crippen LogP contribution in [0.15, 0.2) is 18.2 Å². The summed E-state index contributed by atoms with van der Waals surface area (Å²) in [6.45, 7) is 4.91. The maximum absolute atomic E-state index is 11.7. The number of carbonyl (C=O) groups is 1. The first-order valence-corrected chi connectivity index (χ1v) is 7.57. The number of fused-ring (bicyclic) bond motifs is 1. The van der Waals surface area contributed by atoms with Crippen LogP contribution in [0.2, 0.25) is 0 Å². The van der Waals surface area contributed by atoms with Crippen molar-refractivity contribution in [1.29, 1.82) is 0 Å². The highest BCUT2D eigenvalue weighted by atomic mass is 35.5. The normalized spacial score (nSPS) is 10.8. The molecule has 21 heavy (non-hydrogen) atoms. The summed E-state index contributed by atoms with van der Waals surface area (Å²) in [5.74, 6) is 1.26. The van der Waals surface area contributed by atoms with E-state index in [1.807, 2.05) is 25.1 Å². The van der Waals surface area contributed by atoms with Gasteiger partial charge in [-0.1, -0.05) is 13.0 Å². The molecule has 0 aliphatic rings. The first-order chi connectivity index (χ1) is 10.2. The van der Waals surface area contributed by atoms with Crippen LogP contribution in [0.5, 0.6) is 5.75 Å². The lowest BCUT2D eigenvalue weighted by Crippen LogP contribution is -2.15. The van der Waals surface area contributed by atoms with Gasteiger partial charge in [-0.2, -0.15) is 0 Å². The summed E-state index contributed by atoms with van der Waals surface area (Å²) in [7, 11) is 0. The Morgan fingerprint density at radius 1 is 1.38 bits per heavy atom. The van der Waals surface area contributed by atoms with Crippen molar-refractivity contribution in [2.75, 3.05) is 13.2 Å². The molecule has 0 saturated carbocycles. The van der Waals surface area contributed by atoms with Crippen LogP contribution in [0.4, 0.5) is 0 Å². The predicted octanol–water partition coefficient (Wildman–Crippen LogP) is 3.13. The number of para-hydroxylation sites is 1. The molecule has 6 heteroatoms. The zero-order valence-electron chi connectivity index (χ0n) is 12.3. The molecule has 0 atom stereocenters. The number of halogens is 1. The Morgan fingerprint density at radius 3 is 2.86 bits per heavy atom. The van der Waals surface area contributed by atoms with Crippen molar-refractivity contribution in [3.8, 4) is 5.75 Å². The molecular formula is C15H19ClN2O3. The number of ether oxygens (including phenoxy) is 2. The zero-order chi connectivity index (χ0) is 15.2. The van der Waals surface area contributed by atoms with Gasteiger partial charge in [0.15, 0.2) is 0 Å². The highest BCUT2D eigenvalue weighted by Crippen LogP contribution is 2.27. The third-order valence-electron chi connectivity index (χ3n) is 2.99. The lowest BCUT2D eigenvalue weighted by Gasteiger charge is -2.08. The lowest BCUT2D eigenvalue weighted by molar-refractivity contribution is -0.143. The van der Waals surface area contributed by atoms with Gasteiger partial charge in [-0.25, -0.2) is 4.98 Å². The number of imidazole rings is 1. The van der Waals surface area contributed by atoms with Gasteiger partial charge < -0.3 is 14.0 Å². The van der Waals surface area contributed by atoms with Crippen LogP contribution in [0.1, 0.15) is 26.1 Å². The third-order valence-corrected chi connectivity index (χ3v) is 3.23. The molecule has 5 nitrogen and oxygen atoms in total. The molecule has 1 heterocycles. The van der Waals surface area contributed by atoms with E-state index < -0.39 is 0 Å². The largest absolute Gasteiger partial charge is 0.491 e. The van der Waals surface area contributed by atoms with Crippen molar-refractivity contribution in [2.24, 2.45) is 0 Å². The van der Waals surface area contributed by atoms with E-state index in [0.717, 1.165) is 17.5 Å². The molecule has 114 valence electrons. The van der Waals surface area contributed by atoms with Crippen molar-refractivity contribution < 1.29 is 14.3 Å². The average molecular weight is 311 g/mol. The van der Waals surface area contributed by atoms with E-state index in [4.69, 9.17) is 21.1 Å². The number of carbonyl (C=O) groups excluding carboxylic acids is 1. The first kappa shape index (κ1) is 15.6. The summed E-state index contributed by atoms with van der Waals surface area (Å²) >= 11 is 5.94. The second-order valence-corrected chi connectivity index (χ2v) is 4.79. The molecule has 0 saturated heterocycles. The van der Waals surface area contributed by atoms with Gasteiger partial charge >= 0.3 is 5.97 Å². The van der Waals surface area contributed by atoms with Gasteiger partial charge in [0.05, 0.1) is 24.6 Å². The Labute approximate surface area is 128 Å². The molecule has 1 aromatic heterocycles. The average Bonchev–Trinajstić information content (AvgIpc) is 2.84. The SMILES string of the molecule is CCCOc1cccc2c1nc(CCl)n2CC(=O)OCC. The monoisotopic (exact) mass is 310 g/mol. The van der Waals surface area contributed by atoms with E-state index in [-0.39, 0.29) is 18.4 Å². The number of nitrogens with zero attached hydrogens (tertiary/aromatic N) is 2. The third kappa shape index (κ3) is 3.47. The predicted molar refractivity (Wildman–Crippen MR) is 81.7 cm³/mol. The molecule has 0 fully saturated rings. The summed E-state index contributed by atoms with van der Waals surface area (Å²) < 4.78 is 12.5. The van der Waals surface area contributed by atoms with E-state index in [2.05, 4.69) is 4.98 Å². The molecular weight excluding hydrogens is 292 g/mol. The van der Waals surface area contributed by atoms with E-state index in [9.17, 15) is 4.79 Å². The Bertz CT molecular complexity index is 625. The van der Waals surface area contributed by atoms with Crippen molar-refractivity contribution >= 4 is 28.6 Å². The minimum atomic E-state index is -0.303. The van der Waals surface area contributed by atoms with Crippen molar-refractivity contribution in [3.63, 3.8) is 0 Å². The van der Waals surface area contributed by atoms with Crippen LogP contribution >= 0.6 is 11.6 Å². The molecule has 0 unspecified atom stereocenters. The van der Waals surface area contributed by atoms with Crippen molar-refractivity contribution in [3.05, 3.63) is 24.0 Å². The van der Waals surface area contributed by atoms with Crippen LogP contribution in [-0.2, 0) is 22.0 Å². The molecule has 0 spiro atoms. The molecule has 0 aliphatic heterocycles. The lowest BCUT2D eigenvalue weighted by atomic mass is 10.3. The van der Waals surface area contributed by atoms with Gasteiger partial charge in [-0.15, -0.1) is 11.6 Å². The van der Waals surface area contributed by atoms with E-state index in [0.29, 0.717) is 24.8 Å². The van der Waals surface area contributed by atoms with Crippen LogP contribution in [0.25, 0.3) is 11.0 Å². The Hall–Kier alpha value is -1.75.